The molecule has 1 N–H and O–H groups in total. The van der Waals surface area contributed by atoms with Crippen molar-refractivity contribution < 1.29 is 14.6 Å². The minimum absolute atomic E-state index is 0.163. The molecule has 5 atom stereocenters. The number of carbonyl (C=O) groups is 1. The van der Waals surface area contributed by atoms with Crippen molar-refractivity contribution in [2.45, 2.75) is 18.9 Å². The largest absolute Gasteiger partial charge is 0.465 e. The van der Waals surface area contributed by atoms with E-state index in [1.165, 1.54) is 6.08 Å². The lowest BCUT2D eigenvalue weighted by Crippen LogP contribution is -2.41. The van der Waals surface area contributed by atoms with Crippen LogP contribution < -0.4 is 0 Å². The van der Waals surface area contributed by atoms with Crippen LogP contribution in [0.25, 0.3) is 0 Å². The van der Waals surface area contributed by atoms with Crippen molar-refractivity contribution in [3.05, 3.63) is 24.8 Å². The highest BCUT2D eigenvalue weighted by Gasteiger charge is 2.61. The van der Waals surface area contributed by atoms with Crippen LogP contribution >= 0.6 is 0 Å². The molecule has 86 valence electrons. The maximum atomic E-state index is 11.8. The number of rotatable bonds is 2. The minimum Gasteiger partial charge on any atom is -0.465 e. The Kier molecular flexibility index (Phi) is 2.02. The molecule has 1 saturated heterocycles. The highest BCUT2D eigenvalue weighted by Crippen LogP contribution is 2.59. The standard InChI is InChI=1S/C13H16O3/c1-2-10(14)11-12(15)16-7-13(11)6-8-3-4-9(13)5-8/h2-4,8-11,14H,1,5-7H2/t8-,9+,10+,11+,13+/m1/s1. The number of hydrogen-bond donors (Lipinski definition) is 1. The summed E-state index contributed by atoms with van der Waals surface area (Å²) in [5.41, 5.74) is -0.163. The first-order chi connectivity index (χ1) is 7.67. The van der Waals surface area contributed by atoms with E-state index in [1.54, 1.807) is 0 Å². The molecule has 0 amide bonds. The van der Waals surface area contributed by atoms with Gasteiger partial charge in [-0.3, -0.25) is 4.79 Å². The van der Waals surface area contributed by atoms with Gasteiger partial charge in [0.1, 0.15) is 0 Å². The first-order valence-corrected chi connectivity index (χ1v) is 5.83. The summed E-state index contributed by atoms with van der Waals surface area (Å²) in [7, 11) is 0. The van der Waals surface area contributed by atoms with Gasteiger partial charge in [-0.15, -0.1) is 6.58 Å². The summed E-state index contributed by atoms with van der Waals surface area (Å²) >= 11 is 0. The number of esters is 1. The Morgan fingerprint density at radius 3 is 3.00 bits per heavy atom. The number of allylic oxidation sites excluding steroid dienone is 2. The molecule has 1 spiro atoms. The van der Waals surface area contributed by atoms with Gasteiger partial charge < -0.3 is 9.84 Å². The van der Waals surface area contributed by atoms with Gasteiger partial charge in [0.05, 0.1) is 18.6 Å². The third-order valence-corrected chi connectivity index (χ3v) is 4.49. The van der Waals surface area contributed by atoms with Crippen LogP contribution in [-0.2, 0) is 9.53 Å². The number of cyclic esters (lactones) is 1. The summed E-state index contributed by atoms with van der Waals surface area (Å²) in [5, 5.41) is 9.94. The SMILES string of the molecule is C=C[C@H](O)[C@H]1C(=O)OC[C@]12C[C@@H]1C=C[C@H]2C1. The van der Waals surface area contributed by atoms with E-state index >= 15 is 0 Å². The topological polar surface area (TPSA) is 46.5 Å². The van der Waals surface area contributed by atoms with Crippen LogP contribution in [0, 0.1) is 23.2 Å². The van der Waals surface area contributed by atoms with Crippen molar-refractivity contribution in [1.82, 2.24) is 0 Å². The summed E-state index contributed by atoms with van der Waals surface area (Å²) in [4.78, 5) is 11.8. The first kappa shape index (κ1) is 10.1. The van der Waals surface area contributed by atoms with Gasteiger partial charge in [0, 0.05) is 5.41 Å². The molecule has 0 aromatic carbocycles. The zero-order valence-corrected chi connectivity index (χ0v) is 9.13. The van der Waals surface area contributed by atoms with E-state index in [0.29, 0.717) is 18.4 Å². The number of aliphatic hydroxyl groups excluding tert-OH is 1. The number of hydrogen-bond acceptors (Lipinski definition) is 3. The van der Waals surface area contributed by atoms with Crippen molar-refractivity contribution >= 4 is 5.97 Å². The van der Waals surface area contributed by atoms with E-state index in [2.05, 4.69) is 18.7 Å². The van der Waals surface area contributed by atoms with Gasteiger partial charge in [0.2, 0.25) is 0 Å². The van der Waals surface area contributed by atoms with Crippen LogP contribution in [-0.4, -0.2) is 23.8 Å². The van der Waals surface area contributed by atoms with Crippen LogP contribution in [0.1, 0.15) is 12.8 Å². The molecule has 3 aliphatic rings. The molecule has 0 aromatic rings. The van der Waals surface area contributed by atoms with Crippen molar-refractivity contribution in [2.24, 2.45) is 23.2 Å². The average Bonchev–Trinajstić information content (AvgIpc) is 2.94. The smallest absolute Gasteiger partial charge is 0.312 e. The zero-order chi connectivity index (χ0) is 11.3. The molecule has 0 radical (unpaired) electrons. The van der Waals surface area contributed by atoms with Crippen molar-refractivity contribution in [1.29, 1.82) is 0 Å². The van der Waals surface area contributed by atoms with Gasteiger partial charge in [-0.25, -0.2) is 0 Å². The molecule has 2 bridgehead atoms. The quantitative estimate of drug-likeness (QED) is 0.563. The number of aliphatic hydroxyl groups is 1. The Bertz CT molecular complexity index is 373. The minimum atomic E-state index is -0.775. The zero-order valence-electron chi connectivity index (χ0n) is 9.13. The molecule has 3 nitrogen and oxygen atoms in total. The van der Waals surface area contributed by atoms with Gasteiger partial charge in [0.15, 0.2) is 0 Å². The predicted octanol–water partition coefficient (Wildman–Crippen LogP) is 1.29. The van der Waals surface area contributed by atoms with E-state index in [4.69, 9.17) is 4.74 Å². The fourth-order valence-electron chi connectivity index (χ4n) is 3.75. The molecule has 16 heavy (non-hydrogen) atoms. The molecular formula is C13H16O3. The summed E-state index contributed by atoms with van der Waals surface area (Å²) < 4.78 is 5.20. The lowest BCUT2D eigenvalue weighted by atomic mass is 9.66. The van der Waals surface area contributed by atoms with Gasteiger partial charge in [0.25, 0.3) is 0 Å². The normalized spacial score (nSPS) is 46.3. The van der Waals surface area contributed by atoms with Crippen molar-refractivity contribution in [3.63, 3.8) is 0 Å². The third-order valence-electron chi connectivity index (χ3n) is 4.49. The summed E-state index contributed by atoms with van der Waals surface area (Å²) in [6.07, 6.45) is 7.18. The fourth-order valence-corrected chi connectivity index (χ4v) is 3.75. The maximum Gasteiger partial charge on any atom is 0.312 e. The molecule has 3 rings (SSSR count). The van der Waals surface area contributed by atoms with Crippen LogP contribution in [0.2, 0.25) is 0 Å². The number of carbonyl (C=O) groups excluding carboxylic acids is 1. The van der Waals surface area contributed by atoms with Gasteiger partial charge in [-0.1, -0.05) is 18.2 Å². The molecule has 1 saturated carbocycles. The first-order valence-electron chi connectivity index (χ1n) is 5.83. The maximum absolute atomic E-state index is 11.8. The van der Waals surface area contributed by atoms with E-state index in [-0.39, 0.29) is 11.4 Å². The van der Waals surface area contributed by atoms with Crippen LogP contribution in [0.3, 0.4) is 0 Å². The number of fused-ring (bicyclic) bond motifs is 3. The van der Waals surface area contributed by atoms with Crippen LogP contribution in [0.4, 0.5) is 0 Å². The third kappa shape index (κ3) is 1.09. The molecule has 3 heteroatoms. The summed E-state index contributed by atoms with van der Waals surface area (Å²) in [6, 6.07) is 0. The molecule has 2 aliphatic carbocycles. The van der Waals surface area contributed by atoms with E-state index in [0.717, 1.165) is 12.8 Å². The van der Waals surface area contributed by atoms with Gasteiger partial charge in [-0.2, -0.15) is 0 Å². The van der Waals surface area contributed by atoms with Gasteiger partial charge in [-0.05, 0) is 24.7 Å². The highest BCUT2D eigenvalue weighted by atomic mass is 16.5. The Hall–Kier alpha value is -1.09. The fraction of sp³-hybridized carbons (Fsp3) is 0.615. The Morgan fingerprint density at radius 2 is 2.44 bits per heavy atom. The Morgan fingerprint density at radius 1 is 1.62 bits per heavy atom. The van der Waals surface area contributed by atoms with Crippen molar-refractivity contribution in [3.8, 4) is 0 Å². The monoisotopic (exact) mass is 220 g/mol. The highest BCUT2D eigenvalue weighted by molar-refractivity contribution is 5.77. The second-order valence-corrected chi connectivity index (χ2v) is 5.24. The molecule has 0 unspecified atom stereocenters. The lowest BCUT2D eigenvalue weighted by molar-refractivity contribution is -0.143. The number of ether oxygens (including phenoxy) is 1. The lowest BCUT2D eigenvalue weighted by Gasteiger charge is -2.34. The van der Waals surface area contributed by atoms with Crippen LogP contribution in [0.15, 0.2) is 24.8 Å². The van der Waals surface area contributed by atoms with Crippen LogP contribution in [0.5, 0.6) is 0 Å². The molecule has 1 aliphatic heterocycles. The van der Waals surface area contributed by atoms with Gasteiger partial charge >= 0.3 is 5.97 Å². The molecule has 2 fully saturated rings. The molecule has 0 aromatic heterocycles. The van der Waals surface area contributed by atoms with Crippen molar-refractivity contribution in [2.75, 3.05) is 6.61 Å². The Balaban J connectivity index is 1.98. The average molecular weight is 220 g/mol. The predicted molar refractivity (Wildman–Crippen MR) is 58.4 cm³/mol. The van der Waals surface area contributed by atoms with E-state index in [9.17, 15) is 9.90 Å². The second kappa shape index (κ2) is 3.20. The Labute approximate surface area is 94.8 Å². The summed E-state index contributed by atoms with van der Waals surface area (Å²) in [5.74, 6) is 0.292. The second-order valence-electron chi connectivity index (χ2n) is 5.24. The summed E-state index contributed by atoms with van der Waals surface area (Å²) in [6.45, 7) is 4.05. The van der Waals surface area contributed by atoms with E-state index in [1.807, 2.05) is 0 Å². The molecular weight excluding hydrogens is 204 g/mol. The molecule has 1 heterocycles. The van der Waals surface area contributed by atoms with E-state index < -0.39 is 12.0 Å².